The molecule has 0 saturated carbocycles. The average Bonchev–Trinajstić information content (AvgIpc) is 2.28. The number of nitrogens with two attached hydrogens (primary N) is 1. The fourth-order valence-corrected chi connectivity index (χ4v) is 1.89. The van der Waals surface area contributed by atoms with Gasteiger partial charge in [0.1, 0.15) is 0 Å². The molecule has 0 aromatic rings. The van der Waals surface area contributed by atoms with E-state index in [1.165, 1.54) is 0 Å². The summed E-state index contributed by atoms with van der Waals surface area (Å²) in [5, 5.41) is 3.13. The molecule has 0 aliphatic rings. The minimum Gasteiger partial charge on any atom is -0.379 e. The zero-order chi connectivity index (χ0) is 15.1. The highest BCUT2D eigenvalue weighted by molar-refractivity contribution is 5.84. The molecule has 114 valence electrons. The molecular weight excluding hydrogens is 244 g/mol. The number of amides is 1. The van der Waals surface area contributed by atoms with Gasteiger partial charge in [-0.3, -0.25) is 4.79 Å². The average molecular weight is 274 g/mol. The molecule has 0 aromatic heterocycles. The van der Waals surface area contributed by atoms with Gasteiger partial charge in [-0.25, -0.2) is 0 Å². The highest BCUT2D eigenvalue weighted by Crippen LogP contribution is 2.17. The maximum Gasteiger partial charge on any atom is 0.237 e. The molecule has 3 N–H and O–H groups in total. The van der Waals surface area contributed by atoms with Crippen molar-refractivity contribution in [2.24, 2.45) is 5.73 Å². The first kappa shape index (κ1) is 18.4. The molecule has 0 aliphatic carbocycles. The van der Waals surface area contributed by atoms with Gasteiger partial charge in [0.05, 0.1) is 17.2 Å². The first-order chi connectivity index (χ1) is 8.67. The standard InChI is InChI=1S/C14H30N2O3/c1-7-16-14(5,12(15)17)10-11(2)19-9-8-13(3,4)18-6/h11,16H,7-10H2,1-6H3,(H2,15,17). The molecule has 2 atom stereocenters. The molecule has 5 nitrogen and oxygen atoms in total. The summed E-state index contributed by atoms with van der Waals surface area (Å²) >= 11 is 0. The van der Waals surface area contributed by atoms with E-state index in [4.69, 9.17) is 15.2 Å². The zero-order valence-corrected chi connectivity index (χ0v) is 13.2. The number of ether oxygens (including phenoxy) is 2. The molecule has 0 radical (unpaired) electrons. The third kappa shape index (κ3) is 6.89. The van der Waals surface area contributed by atoms with E-state index in [2.05, 4.69) is 5.32 Å². The Balaban J connectivity index is 4.21. The molecule has 19 heavy (non-hydrogen) atoms. The van der Waals surface area contributed by atoms with Gasteiger partial charge in [0.25, 0.3) is 0 Å². The highest BCUT2D eigenvalue weighted by atomic mass is 16.5. The number of carbonyl (C=O) groups excluding carboxylic acids is 1. The number of hydrogen-bond donors (Lipinski definition) is 2. The van der Waals surface area contributed by atoms with E-state index in [1.54, 1.807) is 7.11 Å². The lowest BCUT2D eigenvalue weighted by molar-refractivity contribution is -0.125. The summed E-state index contributed by atoms with van der Waals surface area (Å²) in [6.45, 7) is 11.1. The minimum atomic E-state index is -0.717. The topological polar surface area (TPSA) is 73.6 Å². The molecule has 2 unspecified atom stereocenters. The number of nitrogens with one attached hydrogen (secondary N) is 1. The van der Waals surface area contributed by atoms with E-state index in [1.807, 2.05) is 34.6 Å². The van der Waals surface area contributed by atoms with Gasteiger partial charge < -0.3 is 20.5 Å². The van der Waals surface area contributed by atoms with Crippen LogP contribution < -0.4 is 11.1 Å². The van der Waals surface area contributed by atoms with Gasteiger partial charge in [-0.1, -0.05) is 6.92 Å². The normalized spacial score (nSPS) is 16.9. The number of likely N-dealkylation sites (N-methyl/N-ethyl adjacent to an activating group) is 1. The largest absolute Gasteiger partial charge is 0.379 e. The first-order valence-electron chi connectivity index (χ1n) is 6.88. The van der Waals surface area contributed by atoms with Crippen LogP contribution in [0.15, 0.2) is 0 Å². The van der Waals surface area contributed by atoms with Gasteiger partial charge in [-0.05, 0) is 40.7 Å². The molecule has 5 heteroatoms. The molecule has 0 bridgehead atoms. The molecule has 0 rings (SSSR count). The number of primary amides is 1. The van der Waals surface area contributed by atoms with Gasteiger partial charge in [-0.2, -0.15) is 0 Å². The fourth-order valence-electron chi connectivity index (χ4n) is 1.89. The van der Waals surface area contributed by atoms with Crippen LogP contribution in [0.1, 0.15) is 47.5 Å². The highest BCUT2D eigenvalue weighted by Gasteiger charge is 2.32. The minimum absolute atomic E-state index is 0.0378. The monoisotopic (exact) mass is 274 g/mol. The number of hydrogen-bond acceptors (Lipinski definition) is 4. The molecule has 0 saturated heterocycles. The van der Waals surface area contributed by atoms with Crippen molar-refractivity contribution in [1.82, 2.24) is 5.32 Å². The summed E-state index contributed by atoms with van der Waals surface area (Å²) in [5.41, 5.74) is 4.54. The second-order valence-electron chi connectivity index (χ2n) is 5.83. The van der Waals surface area contributed by atoms with Crippen LogP contribution in [-0.4, -0.2) is 43.4 Å². The number of carbonyl (C=O) groups is 1. The van der Waals surface area contributed by atoms with Gasteiger partial charge >= 0.3 is 0 Å². The van der Waals surface area contributed by atoms with E-state index < -0.39 is 5.54 Å². The van der Waals surface area contributed by atoms with Crippen LogP contribution >= 0.6 is 0 Å². The van der Waals surface area contributed by atoms with E-state index >= 15 is 0 Å². The Morgan fingerprint density at radius 3 is 2.37 bits per heavy atom. The fraction of sp³-hybridized carbons (Fsp3) is 0.929. The van der Waals surface area contributed by atoms with E-state index in [0.29, 0.717) is 19.6 Å². The van der Waals surface area contributed by atoms with Crippen molar-refractivity contribution in [1.29, 1.82) is 0 Å². The van der Waals surface area contributed by atoms with Crippen LogP contribution in [0.25, 0.3) is 0 Å². The predicted molar refractivity (Wildman–Crippen MR) is 77.0 cm³/mol. The zero-order valence-electron chi connectivity index (χ0n) is 13.2. The van der Waals surface area contributed by atoms with Gasteiger partial charge in [-0.15, -0.1) is 0 Å². The third-order valence-electron chi connectivity index (χ3n) is 3.47. The van der Waals surface area contributed by atoms with Crippen molar-refractivity contribution in [2.75, 3.05) is 20.3 Å². The van der Waals surface area contributed by atoms with Crippen LogP contribution in [0.5, 0.6) is 0 Å². The Kier molecular flexibility index (Phi) is 7.55. The lowest BCUT2D eigenvalue weighted by Gasteiger charge is -2.30. The van der Waals surface area contributed by atoms with Crippen LogP contribution in [-0.2, 0) is 14.3 Å². The summed E-state index contributed by atoms with van der Waals surface area (Å²) in [6, 6.07) is 0. The second-order valence-corrected chi connectivity index (χ2v) is 5.83. The van der Waals surface area contributed by atoms with Crippen LogP contribution in [0, 0.1) is 0 Å². The summed E-state index contributed by atoms with van der Waals surface area (Å²) < 4.78 is 11.1. The predicted octanol–water partition coefficient (Wildman–Crippen LogP) is 1.45. The summed E-state index contributed by atoms with van der Waals surface area (Å²) in [7, 11) is 1.69. The first-order valence-corrected chi connectivity index (χ1v) is 6.88. The molecule has 0 heterocycles. The van der Waals surface area contributed by atoms with Crippen molar-refractivity contribution < 1.29 is 14.3 Å². The molecule has 0 aliphatic heterocycles. The molecular formula is C14H30N2O3. The Bertz CT molecular complexity index is 282. The Hall–Kier alpha value is -0.650. The SMILES string of the molecule is CCNC(C)(CC(C)OCCC(C)(C)OC)C(N)=O. The third-order valence-corrected chi connectivity index (χ3v) is 3.47. The quantitative estimate of drug-likeness (QED) is 0.632. The van der Waals surface area contributed by atoms with E-state index in [-0.39, 0.29) is 17.6 Å². The molecule has 0 aromatic carbocycles. The Morgan fingerprint density at radius 2 is 1.95 bits per heavy atom. The van der Waals surface area contributed by atoms with Crippen molar-refractivity contribution >= 4 is 5.91 Å². The summed E-state index contributed by atoms with van der Waals surface area (Å²) in [6.07, 6.45) is 1.33. The lowest BCUT2D eigenvalue weighted by atomic mass is 9.94. The van der Waals surface area contributed by atoms with Gasteiger partial charge in [0, 0.05) is 20.1 Å². The summed E-state index contributed by atoms with van der Waals surface area (Å²) in [4.78, 5) is 11.5. The van der Waals surface area contributed by atoms with Crippen LogP contribution in [0.2, 0.25) is 0 Å². The van der Waals surface area contributed by atoms with Gasteiger partial charge in [0.15, 0.2) is 0 Å². The van der Waals surface area contributed by atoms with Crippen LogP contribution in [0.3, 0.4) is 0 Å². The lowest BCUT2D eigenvalue weighted by Crippen LogP contribution is -2.54. The Morgan fingerprint density at radius 1 is 1.37 bits per heavy atom. The molecule has 0 spiro atoms. The van der Waals surface area contributed by atoms with Crippen LogP contribution in [0.4, 0.5) is 0 Å². The maximum atomic E-state index is 11.5. The van der Waals surface area contributed by atoms with Crippen molar-refractivity contribution in [2.45, 2.75) is 64.7 Å². The second kappa shape index (κ2) is 7.82. The number of rotatable bonds is 10. The Labute approximate surface area is 117 Å². The molecule has 1 amide bonds. The smallest absolute Gasteiger partial charge is 0.237 e. The van der Waals surface area contributed by atoms with Crippen molar-refractivity contribution in [3.63, 3.8) is 0 Å². The maximum absolute atomic E-state index is 11.5. The van der Waals surface area contributed by atoms with Crippen molar-refractivity contribution in [3.05, 3.63) is 0 Å². The number of methoxy groups -OCH3 is 1. The van der Waals surface area contributed by atoms with Gasteiger partial charge in [0.2, 0.25) is 5.91 Å². The van der Waals surface area contributed by atoms with E-state index in [0.717, 1.165) is 6.42 Å². The summed E-state index contributed by atoms with van der Waals surface area (Å²) in [5.74, 6) is -0.345. The molecule has 0 fully saturated rings. The van der Waals surface area contributed by atoms with E-state index in [9.17, 15) is 4.79 Å². The van der Waals surface area contributed by atoms with Crippen molar-refractivity contribution in [3.8, 4) is 0 Å².